The second-order valence-corrected chi connectivity index (χ2v) is 4.45. The summed E-state index contributed by atoms with van der Waals surface area (Å²) in [6.07, 6.45) is 5.81. The Hall–Kier alpha value is -2.22. The van der Waals surface area contributed by atoms with Gasteiger partial charge in [0.25, 0.3) is 0 Å². The third-order valence-electron chi connectivity index (χ3n) is 3.47. The zero-order valence-corrected chi connectivity index (χ0v) is 9.44. The topological polar surface area (TPSA) is 25.8 Å². The van der Waals surface area contributed by atoms with Crippen molar-refractivity contribution >= 4 is 32.3 Å². The molecule has 0 atom stereocenters. The molecule has 17 heavy (non-hydrogen) atoms. The summed E-state index contributed by atoms with van der Waals surface area (Å²) >= 11 is 0. The molecule has 0 N–H and O–H groups in total. The number of hydrogen-bond acceptors (Lipinski definition) is 2. The summed E-state index contributed by atoms with van der Waals surface area (Å²) in [5, 5.41) is 7.47. The average molecular weight is 218 g/mol. The summed E-state index contributed by atoms with van der Waals surface area (Å²) in [6.45, 7) is 2.06. The summed E-state index contributed by atoms with van der Waals surface area (Å²) in [6, 6.07) is 8.52. The Labute approximate surface area is 98.3 Å². The number of benzene rings is 2. The fraction of sp³-hybridized carbons (Fsp3) is 0.0667. The Morgan fingerprint density at radius 1 is 0.765 bits per heavy atom. The minimum absolute atomic E-state index is 1.09. The predicted molar refractivity (Wildman–Crippen MR) is 70.5 cm³/mol. The first-order chi connectivity index (χ1) is 8.34. The van der Waals surface area contributed by atoms with E-state index in [4.69, 9.17) is 0 Å². The number of aryl methyl sites for hydroxylation is 1. The lowest BCUT2D eigenvalue weighted by Gasteiger charge is -2.10. The van der Waals surface area contributed by atoms with E-state index in [1.807, 2.05) is 18.6 Å². The largest absolute Gasteiger partial charge is 0.263 e. The molecule has 2 heterocycles. The third kappa shape index (κ3) is 1.04. The average Bonchev–Trinajstić information content (AvgIpc) is 2.38. The maximum atomic E-state index is 4.45. The third-order valence-corrected chi connectivity index (χ3v) is 3.47. The van der Waals surface area contributed by atoms with Crippen LogP contribution in [-0.4, -0.2) is 9.97 Å². The number of pyridine rings is 2. The molecule has 0 fully saturated rings. The van der Waals surface area contributed by atoms with Crippen LogP contribution in [0.2, 0.25) is 0 Å². The van der Waals surface area contributed by atoms with E-state index in [1.165, 1.54) is 32.3 Å². The van der Waals surface area contributed by atoms with Crippen LogP contribution in [0.15, 0.2) is 42.9 Å². The van der Waals surface area contributed by atoms with E-state index in [-0.39, 0.29) is 0 Å². The Morgan fingerprint density at radius 2 is 1.41 bits per heavy atom. The van der Waals surface area contributed by atoms with Crippen molar-refractivity contribution in [3.05, 3.63) is 48.5 Å². The summed E-state index contributed by atoms with van der Waals surface area (Å²) < 4.78 is 0. The molecule has 0 saturated heterocycles. The van der Waals surface area contributed by atoms with Crippen molar-refractivity contribution in [3.63, 3.8) is 0 Å². The molecule has 0 aliphatic carbocycles. The maximum Gasteiger partial charge on any atom is 0.0451 e. The van der Waals surface area contributed by atoms with Gasteiger partial charge >= 0.3 is 0 Å². The molecule has 2 heteroatoms. The van der Waals surface area contributed by atoms with Crippen LogP contribution in [0.25, 0.3) is 32.3 Å². The van der Waals surface area contributed by atoms with Crippen LogP contribution in [0.3, 0.4) is 0 Å². The zero-order chi connectivity index (χ0) is 11.4. The molecular weight excluding hydrogens is 208 g/mol. The van der Waals surface area contributed by atoms with Gasteiger partial charge in [0.15, 0.2) is 0 Å². The predicted octanol–water partition coefficient (Wildman–Crippen LogP) is 3.68. The molecule has 2 aromatic heterocycles. The molecule has 0 aliphatic heterocycles. The minimum atomic E-state index is 1.09. The second kappa shape index (κ2) is 2.92. The lowest BCUT2D eigenvalue weighted by Crippen LogP contribution is -1.89. The molecular formula is C15H10N2. The van der Waals surface area contributed by atoms with E-state index < -0.39 is 0 Å². The highest BCUT2D eigenvalue weighted by Gasteiger charge is 2.09. The molecule has 0 saturated carbocycles. The fourth-order valence-corrected chi connectivity index (χ4v) is 2.63. The van der Waals surface area contributed by atoms with Gasteiger partial charge in [-0.25, -0.2) is 0 Å². The highest BCUT2D eigenvalue weighted by atomic mass is 14.7. The Morgan fingerprint density at radius 3 is 2.18 bits per heavy atom. The summed E-state index contributed by atoms with van der Waals surface area (Å²) in [4.78, 5) is 8.72. The molecule has 2 aromatic carbocycles. The molecule has 0 amide bonds. The van der Waals surface area contributed by atoms with Crippen molar-refractivity contribution in [3.8, 4) is 0 Å². The van der Waals surface area contributed by atoms with Crippen LogP contribution >= 0.6 is 0 Å². The van der Waals surface area contributed by atoms with Crippen molar-refractivity contribution in [2.75, 3.05) is 0 Å². The monoisotopic (exact) mass is 218 g/mol. The lowest BCUT2D eigenvalue weighted by atomic mass is 9.96. The molecule has 0 aliphatic rings. The first-order valence-electron chi connectivity index (χ1n) is 5.69. The number of aromatic nitrogens is 2. The molecule has 0 radical (unpaired) electrons. The van der Waals surface area contributed by atoms with Gasteiger partial charge in [0.05, 0.1) is 0 Å². The quantitative estimate of drug-likeness (QED) is 0.421. The van der Waals surface area contributed by atoms with Crippen molar-refractivity contribution in [2.24, 2.45) is 0 Å². The standard InChI is InChI=1S/C15H10N2/c1-9-13-5-4-11-7-16-6-10-2-3-12(8-17-9)15(13)14(10)11/h2-8H,1H3. The van der Waals surface area contributed by atoms with Crippen LogP contribution in [0.4, 0.5) is 0 Å². The minimum Gasteiger partial charge on any atom is -0.263 e. The van der Waals surface area contributed by atoms with Crippen LogP contribution in [0.5, 0.6) is 0 Å². The van der Waals surface area contributed by atoms with Gasteiger partial charge in [0.2, 0.25) is 0 Å². The van der Waals surface area contributed by atoms with Crippen LogP contribution < -0.4 is 0 Å². The van der Waals surface area contributed by atoms with E-state index in [0.29, 0.717) is 0 Å². The second-order valence-electron chi connectivity index (χ2n) is 4.45. The van der Waals surface area contributed by atoms with Gasteiger partial charge in [-0.2, -0.15) is 0 Å². The lowest BCUT2D eigenvalue weighted by molar-refractivity contribution is 1.25. The van der Waals surface area contributed by atoms with Gasteiger partial charge in [-0.15, -0.1) is 0 Å². The number of nitrogens with zero attached hydrogens (tertiary/aromatic N) is 2. The maximum absolute atomic E-state index is 4.45. The highest BCUT2D eigenvalue weighted by Crippen LogP contribution is 2.34. The molecule has 0 spiro atoms. The van der Waals surface area contributed by atoms with E-state index in [1.54, 1.807) is 0 Å². The van der Waals surface area contributed by atoms with Gasteiger partial charge in [0, 0.05) is 56.6 Å². The molecule has 0 unspecified atom stereocenters. The first-order valence-corrected chi connectivity index (χ1v) is 5.69. The molecule has 4 rings (SSSR count). The molecule has 2 nitrogen and oxygen atoms in total. The van der Waals surface area contributed by atoms with E-state index in [2.05, 4.69) is 41.2 Å². The fourth-order valence-electron chi connectivity index (χ4n) is 2.63. The number of rotatable bonds is 0. The van der Waals surface area contributed by atoms with Gasteiger partial charge in [-0.3, -0.25) is 9.97 Å². The SMILES string of the molecule is Cc1ncc2ccc3cncc4ccc1c2c34. The first kappa shape index (κ1) is 8.88. The van der Waals surface area contributed by atoms with Crippen molar-refractivity contribution in [1.82, 2.24) is 9.97 Å². The van der Waals surface area contributed by atoms with Crippen LogP contribution in [0, 0.1) is 6.92 Å². The molecule has 0 bridgehead atoms. The van der Waals surface area contributed by atoms with Gasteiger partial charge in [-0.05, 0) is 6.92 Å². The van der Waals surface area contributed by atoms with E-state index in [9.17, 15) is 0 Å². The Balaban J connectivity index is 2.48. The smallest absolute Gasteiger partial charge is 0.0451 e. The number of hydrogen-bond donors (Lipinski definition) is 0. The van der Waals surface area contributed by atoms with Crippen LogP contribution in [-0.2, 0) is 0 Å². The van der Waals surface area contributed by atoms with Gasteiger partial charge in [0.1, 0.15) is 0 Å². The zero-order valence-electron chi connectivity index (χ0n) is 9.44. The molecule has 4 aromatic rings. The summed E-state index contributed by atoms with van der Waals surface area (Å²) in [5.41, 5.74) is 1.09. The van der Waals surface area contributed by atoms with E-state index >= 15 is 0 Å². The van der Waals surface area contributed by atoms with Crippen molar-refractivity contribution in [2.45, 2.75) is 6.92 Å². The highest BCUT2D eigenvalue weighted by molar-refractivity contribution is 6.22. The van der Waals surface area contributed by atoms with Crippen molar-refractivity contribution in [1.29, 1.82) is 0 Å². The molecule has 80 valence electrons. The van der Waals surface area contributed by atoms with Crippen LogP contribution in [0.1, 0.15) is 5.69 Å². The summed E-state index contributed by atoms with van der Waals surface area (Å²) in [5.74, 6) is 0. The van der Waals surface area contributed by atoms with Gasteiger partial charge < -0.3 is 0 Å². The normalized spacial score (nSPS) is 11.8. The Kier molecular flexibility index (Phi) is 1.52. The van der Waals surface area contributed by atoms with Gasteiger partial charge in [-0.1, -0.05) is 24.3 Å². The summed E-state index contributed by atoms with van der Waals surface area (Å²) in [7, 11) is 0. The Bertz CT molecular complexity index is 833. The van der Waals surface area contributed by atoms with E-state index in [0.717, 1.165) is 5.69 Å². The van der Waals surface area contributed by atoms with Crippen molar-refractivity contribution < 1.29 is 0 Å².